The van der Waals surface area contributed by atoms with E-state index in [4.69, 9.17) is 0 Å². The van der Waals surface area contributed by atoms with Crippen LogP contribution in [0.25, 0.3) is 5.57 Å². The molecule has 0 aromatic heterocycles. The van der Waals surface area contributed by atoms with E-state index in [-0.39, 0.29) is 17.0 Å². The van der Waals surface area contributed by atoms with Gasteiger partial charge in [0.2, 0.25) is 5.91 Å². The Morgan fingerprint density at radius 1 is 1.14 bits per heavy atom. The molecule has 1 aliphatic rings. The van der Waals surface area contributed by atoms with Crippen molar-refractivity contribution in [1.82, 2.24) is 5.32 Å². The highest BCUT2D eigenvalue weighted by Gasteiger charge is 2.46. The van der Waals surface area contributed by atoms with Crippen LogP contribution in [-0.4, -0.2) is 44.3 Å². The Kier molecular flexibility index (Phi) is 7.59. The molecule has 2 unspecified atom stereocenters. The number of hydrogen-bond donors (Lipinski definition) is 2. The number of alkyl halides is 3. The van der Waals surface area contributed by atoms with Crippen LogP contribution in [0, 0.1) is 0 Å². The molecule has 2 atom stereocenters. The molecule has 0 fully saturated rings. The van der Waals surface area contributed by atoms with E-state index in [1.165, 1.54) is 31.2 Å². The van der Waals surface area contributed by atoms with Crippen LogP contribution in [0.5, 0.6) is 0 Å². The molecule has 188 valence electrons. The molecule has 0 spiro atoms. The number of benzene rings is 2. The highest BCUT2D eigenvalue weighted by atomic mass is 32.2. The summed E-state index contributed by atoms with van der Waals surface area (Å²) in [5, 5.41) is 12.4. The van der Waals surface area contributed by atoms with Gasteiger partial charge < -0.3 is 10.4 Å². The van der Waals surface area contributed by atoms with E-state index in [1.54, 1.807) is 43.3 Å². The van der Waals surface area contributed by atoms with Crippen molar-refractivity contribution in [3.8, 4) is 0 Å². The van der Waals surface area contributed by atoms with Crippen molar-refractivity contribution in [3.63, 3.8) is 0 Å². The summed E-state index contributed by atoms with van der Waals surface area (Å²) in [7, 11) is -3.44. The quantitative estimate of drug-likeness (QED) is 0.580. The van der Waals surface area contributed by atoms with Crippen LogP contribution in [0.4, 0.5) is 13.2 Å². The largest absolute Gasteiger partial charge is 0.523 e. The molecule has 2 aromatic rings. The van der Waals surface area contributed by atoms with Crippen molar-refractivity contribution in [2.45, 2.75) is 43.0 Å². The predicted molar refractivity (Wildman–Crippen MR) is 125 cm³/mol. The molecular weight excluding hydrogens is 483 g/mol. The normalized spacial score (nSPS) is 19.8. The van der Waals surface area contributed by atoms with Gasteiger partial charge in [0.1, 0.15) is 5.60 Å². The zero-order valence-corrected chi connectivity index (χ0v) is 20.2. The van der Waals surface area contributed by atoms with Gasteiger partial charge in [-0.2, -0.15) is 0 Å². The first kappa shape index (κ1) is 26.7. The fourth-order valence-corrected chi connectivity index (χ4v) is 4.98. The lowest BCUT2D eigenvalue weighted by Crippen LogP contribution is -2.42. The average Bonchev–Trinajstić information content (AvgIpc) is 2.72. The molecule has 0 bridgehead atoms. The SMILES string of the molecule is CC1=C(c2ccccc2)C(C)(OC(F)(F)F)CC(NC(=O)C(CO)c2ccc(S(C)(=O)=O)cc2)=C1. The molecule has 2 N–H and O–H groups in total. The Morgan fingerprint density at radius 3 is 2.26 bits per heavy atom. The zero-order chi connectivity index (χ0) is 26.0. The monoisotopic (exact) mass is 509 g/mol. The molecule has 0 heterocycles. The number of nitrogens with one attached hydrogen (secondary N) is 1. The van der Waals surface area contributed by atoms with Gasteiger partial charge in [0.05, 0.1) is 17.4 Å². The second kappa shape index (κ2) is 9.96. The minimum atomic E-state index is -4.92. The van der Waals surface area contributed by atoms with E-state index in [1.807, 2.05) is 0 Å². The van der Waals surface area contributed by atoms with Gasteiger partial charge in [0.25, 0.3) is 0 Å². The fraction of sp³-hybridized carbons (Fsp3) is 0.320. The standard InChI is InChI=1S/C25H26F3NO5S/c1-16-13-19(14-24(2,34-25(26,27)28)22(16)18-7-5-4-6-8-18)29-23(31)21(15-30)17-9-11-20(12-10-17)35(3,32)33/h4-13,21,30H,14-15H2,1-3H3,(H,29,31). The van der Waals surface area contributed by atoms with Crippen molar-refractivity contribution >= 4 is 21.3 Å². The number of carbonyl (C=O) groups excluding carboxylic acids is 1. The van der Waals surface area contributed by atoms with Gasteiger partial charge in [-0.05, 0) is 54.3 Å². The third-order valence-corrected chi connectivity index (χ3v) is 6.87. The number of hydrogen-bond acceptors (Lipinski definition) is 5. The minimum Gasteiger partial charge on any atom is -0.395 e. The summed E-state index contributed by atoms with van der Waals surface area (Å²) in [5.41, 5.74) is 0.154. The van der Waals surface area contributed by atoms with Gasteiger partial charge in [-0.15, -0.1) is 13.2 Å². The van der Waals surface area contributed by atoms with Crippen molar-refractivity contribution in [3.05, 3.63) is 83.1 Å². The van der Waals surface area contributed by atoms with Crippen molar-refractivity contribution in [1.29, 1.82) is 0 Å². The molecule has 3 rings (SSSR count). The van der Waals surface area contributed by atoms with Gasteiger partial charge in [-0.3, -0.25) is 9.53 Å². The topological polar surface area (TPSA) is 92.7 Å². The molecule has 1 amide bonds. The number of sulfone groups is 1. The van der Waals surface area contributed by atoms with Crippen LogP contribution >= 0.6 is 0 Å². The molecule has 0 radical (unpaired) electrons. The maximum absolute atomic E-state index is 13.4. The number of carbonyl (C=O) groups is 1. The van der Waals surface area contributed by atoms with E-state index < -0.39 is 40.2 Å². The summed E-state index contributed by atoms with van der Waals surface area (Å²) in [6.45, 7) is 2.37. The van der Waals surface area contributed by atoms with Crippen LogP contribution in [-0.2, 0) is 19.4 Å². The average molecular weight is 510 g/mol. The highest BCUT2D eigenvalue weighted by Crippen LogP contribution is 2.44. The molecule has 35 heavy (non-hydrogen) atoms. The third-order valence-electron chi connectivity index (χ3n) is 5.74. The molecule has 1 aliphatic carbocycles. The van der Waals surface area contributed by atoms with E-state index in [0.29, 0.717) is 22.3 Å². The predicted octanol–water partition coefficient (Wildman–Crippen LogP) is 4.34. The first-order valence-corrected chi connectivity index (χ1v) is 12.6. The number of rotatable bonds is 7. The van der Waals surface area contributed by atoms with Gasteiger partial charge >= 0.3 is 6.36 Å². The molecule has 2 aromatic carbocycles. The van der Waals surface area contributed by atoms with Gasteiger partial charge in [-0.1, -0.05) is 42.5 Å². The van der Waals surface area contributed by atoms with Crippen LogP contribution < -0.4 is 5.32 Å². The Labute approximate surface area is 202 Å². The Balaban J connectivity index is 1.93. The second-order valence-electron chi connectivity index (χ2n) is 8.61. The number of aliphatic hydroxyl groups excluding tert-OH is 1. The minimum absolute atomic E-state index is 0.0580. The lowest BCUT2D eigenvalue weighted by Gasteiger charge is -2.38. The summed E-state index contributed by atoms with van der Waals surface area (Å²) in [4.78, 5) is 13.0. The molecule has 0 saturated carbocycles. The summed E-state index contributed by atoms with van der Waals surface area (Å²) in [5.74, 6) is -1.70. The van der Waals surface area contributed by atoms with Gasteiger partial charge in [-0.25, -0.2) is 8.42 Å². The van der Waals surface area contributed by atoms with Crippen molar-refractivity contribution in [2.24, 2.45) is 0 Å². The Morgan fingerprint density at radius 2 is 1.74 bits per heavy atom. The van der Waals surface area contributed by atoms with E-state index >= 15 is 0 Å². The first-order valence-electron chi connectivity index (χ1n) is 10.7. The summed E-state index contributed by atoms with van der Waals surface area (Å²) in [6.07, 6.45) is -2.56. The second-order valence-corrected chi connectivity index (χ2v) is 10.6. The number of halogens is 3. The van der Waals surface area contributed by atoms with E-state index in [2.05, 4.69) is 10.1 Å². The number of ether oxygens (including phenoxy) is 1. The molecule has 0 saturated heterocycles. The smallest absolute Gasteiger partial charge is 0.395 e. The third kappa shape index (κ3) is 6.39. The van der Waals surface area contributed by atoms with Crippen LogP contribution in [0.1, 0.15) is 37.3 Å². The van der Waals surface area contributed by atoms with E-state index in [9.17, 15) is 31.5 Å². The summed E-state index contributed by atoms with van der Waals surface area (Å²) >= 11 is 0. The van der Waals surface area contributed by atoms with Crippen LogP contribution in [0.2, 0.25) is 0 Å². The fourth-order valence-electron chi connectivity index (χ4n) is 4.35. The van der Waals surface area contributed by atoms with Gasteiger partial charge in [0.15, 0.2) is 9.84 Å². The maximum Gasteiger partial charge on any atom is 0.523 e. The summed E-state index contributed by atoms with van der Waals surface area (Å²) < 4.78 is 68.1. The molecule has 0 aliphatic heterocycles. The highest BCUT2D eigenvalue weighted by molar-refractivity contribution is 7.90. The Bertz CT molecular complexity index is 1250. The van der Waals surface area contributed by atoms with Crippen LogP contribution in [0.3, 0.4) is 0 Å². The van der Waals surface area contributed by atoms with Crippen molar-refractivity contribution < 1.29 is 36.2 Å². The lowest BCUT2D eigenvalue weighted by atomic mass is 9.79. The number of allylic oxidation sites excluding steroid dienone is 2. The van der Waals surface area contributed by atoms with Gasteiger partial charge in [0, 0.05) is 18.4 Å². The first-order chi connectivity index (χ1) is 16.2. The van der Waals surface area contributed by atoms with E-state index in [0.717, 1.165) is 6.26 Å². The molecule has 10 heteroatoms. The van der Waals surface area contributed by atoms with Crippen molar-refractivity contribution in [2.75, 3.05) is 12.9 Å². The maximum atomic E-state index is 13.4. The number of aliphatic hydroxyl groups is 1. The molecular formula is C25H26F3NO5S. The van der Waals surface area contributed by atoms with Crippen LogP contribution in [0.15, 0.2) is 76.8 Å². The molecule has 6 nitrogen and oxygen atoms in total. The summed E-state index contributed by atoms with van der Waals surface area (Å²) in [6, 6.07) is 14.1. The number of amides is 1. The Hall–Kier alpha value is -2.95. The lowest BCUT2D eigenvalue weighted by molar-refractivity contribution is -0.353. The zero-order valence-electron chi connectivity index (χ0n) is 19.4.